The van der Waals surface area contributed by atoms with E-state index < -0.39 is 5.60 Å². The van der Waals surface area contributed by atoms with E-state index in [9.17, 15) is 4.79 Å². The van der Waals surface area contributed by atoms with E-state index in [-0.39, 0.29) is 11.9 Å². The molecule has 0 amide bonds. The van der Waals surface area contributed by atoms with E-state index in [1.807, 2.05) is 20.8 Å². The standard InChI is InChI=1S/C24H42N4O3/c1-24(2,3)30-22(29)17-20(12-8-11-19-9-6-5-7-10-19)23-25-21(26-31-23)18-28-15-13-27(4)14-16-28/h19-20H,5-18H2,1-4H3/t20-/m1/s1. The second kappa shape index (κ2) is 11.4. The van der Waals surface area contributed by atoms with Gasteiger partial charge in [0, 0.05) is 32.1 Å². The number of hydrogen-bond donors (Lipinski definition) is 0. The van der Waals surface area contributed by atoms with Gasteiger partial charge in [-0.15, -0.1) is 0 Å². The number of carbonyl (C=O) groups excluding carboxylic acids is 1. The van der Waals surface area contributed by atoms with Gasteiger partial charge in [-0.2, -0.15) is 4.98 Å². The van der Waals surface area contributed by atoms with Crippen molar-refractivity contribution in [2.75, 3.05) is 33.2 Å². The maximum atomic E-state index is 12.5. The molecular weight excluding hydrogens is 392 g/mol. The van der Waals surface area contributed by atoms with E-state index in [2.05, 4.69) is 22.0 Å². The van der Waals surface area contributed by atoms with Crippen LogP contribution in [0.25, 0.3) is 0 Å². The first kappa shape index (κ1) is 24.2. The first-order valence-electron chi connectivity index (χ1n) is 12.2. The van der Waals surface area contributed by atoms with Gasteiger partial charge in [0.05, 0.1) is 13.0 Å². The van der Waals surface area contributed by atoms with Gasteiger partial charge in [0.1, 0.15) is 5.60 Å². The molecule has 3 rings (SSSR count). The average molecular weight is 435 g/mol. The normalized spacial score (nSPS) is 20.6. The molecule has 1 aromatic rings. The van der Waals surface area contributed by atoms with Crippen molar-refractivity contribution in [2.45, 2.75) is 96.6 Å². The predicted octanol–water partition coefficient (Wildman–Crippen LogP) is 4.38. The zero-order valence-electron chi connectivity index (χ0n) is 20.1. The first-order valence-corrected chi connectivity index (χ1v) is 12.2. The molecule has 7 heteroatoms. The Morgan fingerprint density at radius 3 is 2.55 bits per heavy atom. The van der Waals surface area contributed by atoms with Crippen molar-refractivity contribution in [2.24, 2.45) is 5.92 Å². The lowest BCUT2D eigenvalue weighted by molar-refractivity contribution is -0.155. The average Bonchev–Trinajstić information content (AvgIpc) is 3.17. The Morgan fingerprint density at radius 1 is 1.16 bits per heavy atom. The van der Waals surface area contributed by atoms with Crippen molar-refractivity contribution >= 4 is 5.97 Å². The fourth-order valence-corrected chi connectivity index (χ4v) is 4.73. The highest BCUT2D eigenvalue weighted by molar-refractivity contribution is 5.70. The number of likely N-dealkylation sites (N-methyl/N-ethyl adjacent to an activating group) is 1. The van der Waals surface area contributed by atoms with Gasteiger partial charge in [-0.3, -0.25) is 9.69 Å². The molecule has 31 heavy (non-hydrogen) atoms. The lowest BCUT2D eigenvalue weighted by Gasteiger charge is -2.31. The van der Waals surface area contributed by atoms with Crippen molar-refractivity contribution in [3.05, 3.63) is 11.7 Å². The van der Waals surface area contributed by atoms with Crippen molar-refractivity contribution in [3.8, 4) is 0 Å². The van der Waals surface area contributed by atoms with Crippen LogP contribution in [0.4, 0.5) is 0 Å². The lowest BCUT2D eigenvalue weighted by Crippen LogP contribution is -2.44. The number of nitrogens with zero attached hydrogens (tertiary/aromatic N) is 4. The first-order chi connectivity index (χ1) is 14.8. The van der Waals surface area contributed by atoms with Gasteiger partial charge in [0.15, 0.2) is 5.82 Å². The fraction of sp³-hybridized carbons (Fsp3) is 0.875. The van der Waals surface area contributed by atoms with E-state index in [0.29, 0.717) is 18.9 Å². The summed E-state index contributed by atoms with van der Waals surface area (Å²) in [5.74, 6) is 1.91. The van der Waals surface area contributed by atoms with Crippen LogP contribution in [0.2, 0.25) is 0 Å². The molecule has 0 N–H and O–H groups in total. The summed E-state index contributed by atoms with van der Waals surface area (Å²) >= 11 is 0. The predicted molar refractivity (Wildman–Crippen MR) is 121 cm³/mol. The van der Waals surface area contributed by atoms with E-state index >= 15 is 0 Å². The van der Waals surface area contributed by atoms with Crippen LogP contribution in [0.5, 0.6) is 0 Å². The molecule has 0 radical (unpaired) electrons. The summed E-state index contributed by atoms with van der Waals surface area (Å²) in [6.07, 6.45) is 10.3. The molecule has 1 saturated heterocycles. The molecule has 0 unspecified atom stereocenters. The van der Waals surface area contributed by atoms with Crippen molar-refractivity contribution in [3.63, 3.8) is 0 Å². The monoisotopic (exact) mass is 434 g/mol. The van der Waals surface area contributed by atoms with Crippen molar-refractivity contribution < 1.29 is 14.1 Å². The van der Waals surface area contributed by atoms with Crippen LogP contribution in [0.15, 0.2) is 4.52 Å². The molecule has 2 heterocycles. The Labute approximate surface area is 187 Å². The fourth-order valence-electron chi connectivity index (χ4n) is 4.73. The largest absolute Gasteiger partial charge is 0.460 e. The second-order valence-corrected chi connectivity index (χ2v) is 10.6. The minimum Gasteiger partial charge on any atom is -0.460 e. The molecule has 0 aromatic carbocycles. The van der Waals surface area contributed by atoms with Crippen molar-refractivity contribution in [1.29, 1.82) is 0 Å². The van der Waals surface area contributed by atoms with Gasteiger partial charge in [-0.1, -0.05) is 50.1 Å². The summed E-state index contributed by atoms with van der Waals surface area (Å²) in [5.41, 5.74) is -0.481. The maximum Gasteiger partial charge on any atom is 0.307 e. The molecule has 1 aliphatic heterocycles. The molecule has 176 valence electrons. The minimum absolute atomic E-state index is 0.0628. The highest BCUT2D eigenvalue weighted by atomic mass is 16.6. The van der Waals surface area contributed by atoms with Gasteiger partial charge in [-0.05, 0) is 40.2 Å². The van der Waals surface area contributed by atoms with E-state index in [4.69, 9.17) is 14.2 Å². The molecule has 2 fully saturated rings. The van der Waals surface area contributed by atoms with E-state index in [1.165, 1.54) is 38.5 Å². The smallest absolute Gasteiger partial charge is 0.307 e. The number of aromatic nitrogens is 2. The van der Waals surface area contributed by atoms with Crippen molar-refractivity contribution in [1.82, 2.24) is 19.9 Å². The van der Waals surface area contributed by atoms with Gasteiger partial charge < -0.3 is 14.2 Å². The number of piperazine rings is 1. The Bertz CT molecular complexity index is 671. The number of rotatable bonds is 9. The molecule has 1 atom stereocenters. The number of hydrogen-bond acceptors (Lipinski definition) is 7. The van der Waals surface area contributed by atoms with Crippen LogP contribution >= 0.6 is 0 Å². The molecule has 1 saturated carbocycles. The van der Waals surface area contributed by atoms with Crippen LogP contribution < -0.4 is 0 Å². The summed E-state index contributed by atoms with van der Waals surface area (Å²) in [6.45, 7) is 10.6. The topological polar surface area (TPSA) is 71.7 Å². The summed E-state index contributed by atoms with van der Waals surface area (Å²) < 4.78 is 11.2. The molecular formula is C24H42N4O3. The zero-order valence-corrected chi connectivity index (χ0v) is 20.1. The summed E-state index contributed by atoms with van der Waals surface area (Å²) in [6, 6.07) is 0. The Kier molecular flexibility index (Phi) is 8.90. The maximum absolute atomic E-state index is 12.5. The molecule has 1 aliphatic carbocycles. The summed E-state index contributed by atoms with van der Waals surface area (Å²) in [7, 11) is 2.15. The van der Waals surface area contributed by atoms with Crippen LogP contribution in [0, 0.1) is 5.92 Å². The quantitative estimate of drug-likeness (QED) is 0.534. The van der Waals surface area contributed by atoms with E-state index in [0.717, 1.165) is 50.8 Å². The second-order valence-electron chi connectivity index (χ2n) is 10.6. The number of ether oxygens (including phenoxy) is 1. The van der Waals surface area contributed by atoms with Gasteiger partial charge in [0.25, 0.3) is 0 Å². The number of carbonyl (C=O) groups is 1. The van der Waals surface area contributed by atoms with Gasteiger partial charge >= 0.3 is 5.97 Å². The third-order valence-corrected chi connectivity index (χ3v) is 6.52. The third-order valence-electron chi connectivity index (χ3n) is 6.52. The highest BCUT2D eigenvalue weighted by Crippen LogP contribution is 2.31. The van der Waals surface area contributed by atoms with Crippen LogP contribution in [-0.4, -0.2) is 64.7 Å². The van der Waals surface area contributed by atoms with Crippen LogP contribution in [0.3, 0.4) is 0 Å². The summed E-state index contributed by atoms with van der Waals surface area (Å²) in [5, 5.41) is 4.24. The Morgan fingerprint density at radius 2 is 1.87 bits per heavy atom. The van der Waals surface area contributed by atoms with Crippen LogP contribution in [0.1, 0.15) is 96.2 Å². The van der Waals surface area contributed by atoms with Gasteiger partial charge in [0.2, 0.25) is 5.89 Å². The SMILES string of the molecule is CN1CCN(Cc2noc([C@H](CCCC3CCCCC3)CC(=O)OC(C)(C)C)n2)CC1. The molecule has 7 nitrogen and oxygen atoms in total. The van der Waals surface area contributed by atoms with Crippen LogP contribution in [-0.2, 0) is 16.1 Å². The van der Waals surface area contributed by atoms with Gasteiger partial charge in [-0.25, -0.2) is 0 Å². The molecule has 2 aliphatic rings. The molecule has 0 spiro atoms. The Hall–Kier alpha value is -1.47. The lowest BCUT2D eigenvalue weighted by atomic mass is 9.84. The Balaban J connectivity index is 1.57. The molecule has 1 aromatic heterocycles. The van der Waals surface area contributed by atoms with E-state index in [1.54, 1.807) is 0 Å². The highest BCUT2D eigenvalue weighted by Gasteiger charge is 2.27. The minimum atomic E-state index is -0.481. The molecule has 0 bridgehead atoms. The number of esters is 1. The third kappa shape index (κ3) is 8.53. The summed E-state index contributed by atoms with van der Waals surface area (Å²) in [4.78, 5) is 21.9. The zero-order chi connectivity index (χ0) is 22.3.